The predicted octanol–water partition coefficient (Wildman–Crippen LogP) is 5.27. The summed E-state index contributed by atoms with van der Waals surface area (Å²) in [7, 11) is 0. The lowest BCUT2D eigenvalue weighted by Gasteiger charge is -2.36. The van der Waals surface area contributed by atoms with Crippen LogP contribution in [0.5, 0.6) is 11.5 Å². The minimum absolute atomic E-state index is 0.309. The molecule has 1 aliphatic heterocycles. The smallest absolute Gasteiger partial charge is 0.275 e. The molecule has 1 atom stereocenters. The van der Waals surface area contributed by atoms with Gasteiger partial charge in [0, 0.05) is 35.7 Å². The summed E-state index contributed by atoms with van der Waals surface area (Å²) in [4.78, 5) is 20.0. The molecule has 8 nitrogen and oxygen atoms in total. The molecule has 2 aromatic carbocycles. The number of benzene rings is 2. The molecule has 0 bridgehead atoms. The zero-order valence-corrected chi connectivity index (χ0v) is 21.2. The van der Waals surface area contributed by atoms with Crippen molar-refractivity contribution in [1.82, 2.24) is 15.2 Å². The van der Waals surface area contributed by atoms with Crippen LogP contribution in [-0.2, 0) is 0 Å². The second-order valence-electron chi connectivity index (χ2n) is 8.96. The molecule has 3 heterocycles. The maximum Gasteiger partial charge on any atom is 0.275 e. The number of nitrogens with two attached hydrogens (primary N) is 1. The molecule has 1 fully saturated rings. The van der Waals surface area contributed by atoms with Gasteiger partial charge in [-0.15, -0.1) is 11.3 Å². The van der Waals surface area contributed by atoms with Gasteiger partial charge in [-0.3, -0.25) is 4.79 Å². The third kappa shape index (κ3) is 5.60. The SMILES string of the molecule is Cc1c(Oc2cccc(F)c2)ccc(NC(=O)c2csc(-c3ccnnc3)n2)c1N1CCC[C@@H](CN)C1. The molecule has 0 unspecified atom stereocenters. The standard InChI is InChI=1S/C27H27FN6O2S/c1-17-24(36-21-6-2-5-20(28)12-21)8-7-22(25(17)34-11-3-4-18(13-29)15-34)32-26(35)23-16-37-27(33-23)19-9-10-30-31-14-19/h2,5-10,12,14,16,18H,3-4,11,13,15,29H2,1H3,(H,32,35)/t18-/m0/s1. The fraction of sp³-hybridized carbons (Fsp3) is 0.259. The maximum atomic E-state index is 13.7. The van der Waals surface area contributed by atoms with Crippen LogP contribution in [0.25, 0.3) is 10.6 Å². The number of rotatable bonds is 7. The molecular weight excluding hydrogens is 491 g/mol. The van der Waals surface area contributed by atoms with E-state index in [-0.39, 0.29) is 11.7 Å². The van der Waals surface area contributed by atoms with Gasteiger partial charge in [-0.2, -0.15) is 10.2 Å². The highest BCUT2D eigenvalue weighted by Crippen LogP contribution is 2.40. The highest BCUT2D eigenvalue weighted by molar-refractivity contribution is 7.13. The first-order chi connectivity index (χ1) is 18.0. The number of hydrogen-bond donors (Lipinski definition) is 2. The number of carbonyl (C=O) groups is 1. The number of ether oxygens (including phenoxy) is 1. The monoisotopic (exact) mass is 518 g/mol. The van der Waals surface area contributed by atoms with E-state index >= 15 is 0 Å². The Hall–Kier alpha value is -3.89. The van der Waals surface area contributed by atoms with Crippen molar-refractivity contribution in [3.8, 4) is 22.1 Å². The molecule has 2 aromatic heterocycles. The number of aromatic nitrogens is 3. The van der Waals surface area contributed by atoms with Crippen molar-refractivity contribution in [1.29, 1.82) is 0 Å². The minimum atomic E-state index is -0.369. The third-order valence-electron chi connectivity index (χ3n) is 6.39. The number of carbonyl (C=O) groups excluding carboxylic acids is 1. The normalized spacial score (nSPS) is 15.4. The summed E-state index contributed by atoms with van der Waals surface area (Å²) in [6.07, 6.45) is 5.27. The zero-order valence-electron chi connectivity index (χ0n) is 20.4. The molecule has 1 amide bonds. The number of amides is 1. The molecule has 5 rings (SSSR count). The van der Waals surface area contributed by atoms with Gasteiger partial charge in [-0.25, -0.2) is 9.37 Å². The van der Waals surface area contributed by atoms with E-state index < -0.39 is 0 Å². The van der Waals surface area contributed by atoms with Gasteiger partial charge < -0.3 is 20.7 Å². The van der Waals surface area contributed by atoms with Crippen LogP contribution in [0, 0.1) is 18.7 Å². The van der Waals surface area contributed by atoms with E-state index in [9.17, 15) is 9.18 Å². The van der Waals surface area contributed by atoms with Crippen LogP contribution in [0.4, 0.5) is 15.8 Å². The second kappa shape index (κ2) is 11.0. The summed E-state index contributed by atoms with van der Waals surface area (Å²) in [5.74, 6) is 0.682. The quantitative estimate of drug-likeness (QED) is 0.343. The van der Waals surface area contributed by atoms with E-state index in [0.717, 1.165) is 42.7 Å². The topological polar surface area (TPSA) is 106 Å². The Labute approximate surface area is 218 Å². The summed E-state index contributed by atoms with van der Waals surface area (Å²) in [6, 6.07) is 11.5. The number of halogens is 1. The molecule has 4 aromatic rings. The van der Waals surface area contributed by atoms with E-state index in [1.54, 1.807) is 42.0 Å². The number of anilines is 2. The van der Waals surface area contributed by atoms with Crippen molar-refractivity contribution in [3.63, 3.8) is 0 Å². The van der Waals surface area contributed by atoms with Gasteiger partial charge in [0.05, 0.1) is 23.8 Å². The van der Waals surface area contributed by atoms with E-state index in [4.69, 9.17) is 10.5 Å². The fourth-order valence-electron chi connectivity index (χ4n) is 4.53. The molecule has 1 aliphatic rings. The van der Waals surface area contributed by atoms with Crippen molar-refractivity contribution in [2.75, 3.05) is 29.9 Å². The van der Waals surface area contributed by atoms with Crippen LogP contribution in [0.3, 0.4) is 0 Å². The van der Waals surface area contributed by atoms with Crippen LogP contribution < -0.4 is 20.7 Å². The van der Waals surface area contributed by atoms with Gasteiger partial charge in [0.15, 0.2) is 0 Å². The summed E-state index contributed by atoms with van der Waals surface area (Å²) < 4.78 is 19.8. The maximum absolute atomic E-state index is 13.7. The number of nitrogens with one attached hydrogen (secondary N) is 1. The van der Waals surface area contributed by atoms with Crippen LogP contribution in [0.2, 0.25) is 0 Å². The van der Waals surface area contributed by atoms with Crippen molar-refractivity contribution in [2.45, 2.75) is 19.8 Å². The molecule has 10 heteroatoms. The first-order valence-electron chi connectivity index (χ1n) is 12.1. The van der Waals surface area contributed by atoms with Crippen LogP contribution >= 0.6 is 11.3 Å². The fourth-order valence-corrected chi connectivity index (χ4v) is 5.32. The molecule has 0 radical (unpaired) electrons. The van der Waals surface area contributed by atoms with Gasteiger partial charge in [-0.1, -0.05) is 6.07 Å². The largest absolute Gasteiger partial charge is 0.457 e. The second-order valence-corrected chi connectivity index (χ2v) is 9.82. The summed E-state index contributed by atoms with van der Waals surface area (Å²) in [5, 5.41) is 13.1. The Bertz CT molecular complexity index is 1400. The number of thiazole rings is 1. The molecule has 0 aliphatic carbocycles. The van der Waals surface area contributed by atoms with E-state index in [2.05, 4.69) is 25.4 Å². The number of hydrogen-bond acceptors (Lipinski definition) is 8. The molecule has 37 heavy (non-hydrogen) atoms. The Kier molecular flexibility index (Phi) is 7.38. The van der Waals surface area contributed by atoms with E-state index in [1.165, 1.54) is 23.5 Å². The third-order valence-corrected chi connectivity index (χ3v) is 7.28. The molecule has 190 valence electrons. The van der Waals surface area contributed by atoms with Gasteiger partial charge in [0.1, 0.15) is 28.0 Å². The number of piperidine rings is 1. The Morgan fingerprint density at radius 1 is 1.27 bits per heavy atom. The van der Waals surface area contributed by atoms with Crippen LogP contribution in [0.1, 0.15) is 28.9 Å². The predicted molar refractivity (Wildman–Crippen MR) is 143 cm³/mol. The van der Waals surface area contributed by atoms with Gasteiger partial charge in [0.2, 0.25) is 0 Å². The summed E-state index contributed by atoms with van der Waals surface area (Å²) >= 11 is 1.37. The Balaban J connectivity index is 1.46. The first kappa shape index (κ1) is 24.8. The highest BCUT2D eigenvalue weighted by Gasteiger charge is 2.25. The lowest BCUT2D eigenvalue weighted by molar-refractivity contribution is 0.102. The summed E-state index contributed by atoms with van der Waals surface area (Å²) in [6.45, 7) is 4.16. The Morgan fingerprint density at radius 3 is 2.95 bits per heavy atom. The first-order valence-corrected chi connectivity index (χ1v) is 13.0. The van der Waals surface area contributed by atoms with E-state index in [1.807, 2.05) is 13.0 Å². The highest BCUT2D eigenvalue weighted by atomic mass is 32.1. The molecule has 0 spiro atoms. The molecule has 1 saturated heterocycles. The van der Waals surface area contributed by atoms with Gasteiger partial charge >= 0.3 is 0 Å². The summed E-state index contributed by atoms with van der Waals surface area (Å²) in [5.41, 5.74) is 9.50. The lowest BCUT2D eigenvalue weighted by atomic mass is 9.96. The minimum Gasteiger partial charge on any atom is -0.457 e. The number of nitrogens with zero attached hydrogens (tertiary/aromatic N) is 4. The van der Waals surface area contributed by atoms with Crippen LogP contribution in [-0.4, -0.2) is 40.7 Å². The zero-order chi connectivity index (χ0) is 25.8. The Morgan fingerprint density at radius 2 is 2.16 bits per heavy atom. The molecular formula is C27H27FN6O2S. The lowest BCUT2D eigenvalue weighted by Crippen LogP contribution is -2.39. The van der Waals surface area contributed by atoms with Crippen molar-refractivity contribution in [3.05, 3.63) is 77.3 Å². The average molecular weight is 519 g/mol. The molecule has 0 saturated carbocycles. The van der Waals surface area contributed by atoms with Crippen molar-refractivity contribution < 1.29 is 13.9 Å². The molecule has 3 N–H and O–H groups in total. The van der Waals surface area contributed by atoms with Crippen molar-refractivity contribution >= 4 is 28.6 Å². The van der Waals surface area contributed by atoms with Crippen LogP contribution in [0.15, 0.2) is 60.2 Å². The van der Waals surface area contributed by atoms with Crippen molar-refractivity contribution in [2.24, 2.45) is 11.7 Å². The van der Waals surface area contributed by atoms with Gasteiger partial charge in [0.25, 0.3) is 5.91 Å². The van der Waals surface area contributed by atoms with Gasteiger partial charge in [-0.05, 0) is 62.6 Å². The van der Waals surface area contributed by atoms with E-state index in [0.29, 0.717) is 40.4 Å². The average Bonchev–Trinajstić information content (AvgIpc) is 3.42.